The van der Waals surface area contributed by atoms with E-state index in [1.165, 1.54) is 6.07 Å². The zero-order valence-electron chi connectivity index (χ0n) is 15.4. The highest BCUT2D eigenvalue weighted by atomic mass is 32.2. The fourth-order valence-corrected chi connectivity index (χ4v) is 4.69. The number of hydrogen-bond donors (Lipinski definition) is 1. The van der Waals surface area contributed by atoms with Gasteiger partial charge >= 0.3 is 6.03 Å². The first-order valence-electron chi connectivity index (χ1n) is 8.83. The van der Waals surface area contributed by atoms with Crippen molar-refractivity contribution in [2.75, 3.05) is 18.4 Å². The summed E-state index contributed by atoms with van der Waals surface area (Å²) in [6.07, 6.45) is 3.67. The molecular weight excluding hydrogens is 351 g/mol. The Morgan fingerprint density at radius 1 is 1.31 bits per heavy atom. The summed E-state index contributed by atoms with van der Waals surface area (Å²) in [5.74, 6) is 0.836. The number of nitrogens with one attached hydrogen (secondary N) is 1. The number of amides is 2. The number of halogens is 1. The highest BCUT2D eigenvalue weighted by Crippen LogP contribution is 2.42. The molecule has 1 aromatic carbocycles. The monoisotopic (exact) mass is 376 g/mol. The van der Waals surface area contributed by atoms with Gasteiger partial charge in [-0.1, -0.05) is 19.9 Å². The van der Waals surface area contributed by atoms with E-state index >= 15 is 0 Å². The van der Waals surface area contributed by atoms with Crippen LogP contribution in [-0.4, -0.2) is 38.5 Å². The average Bonchev–Trinajstić information content (AvgIpc) is 2.99. The minimum atomic E-state index is -0.202. The van der Waals surface area contributed by atoms with Crippen molar-refractivity contribution in [2.45, 2.75) is 36.3 Å². The zero-order valence-corrected chi connectivity index (χ0v) is 16.2. The number of hydrogen-bond acceptors (Lipinski definition) is 3. The Morgan fingerprint density at radius 3 is 2.65 bits per heavy atom. The fraction of sp³-hybridized carbons (Fsp3) is 0.474. The van der Waals surface area contributed by atoms with Crippen molar-refractivity contribution >= 4 is 23.6 Å². The van der Waals surface area contributed by atoms with Gasteiger partial charge in [0.15, 0.2) is 5.82 Å². The third kappa shape index (κ3) is 4.58. The lowest BCUT2D eigenvalue weighted by Crippen LogP contribution is -2.44. The molecule has 26 heavy (non-hydrogen) atoms. The van der Waals surface area contributed by atoms with E-state index in [2.05, 4.69) is 24.3 Å². The molecule has 1 N–H and O–H groups in total. The molecule has 0 atom stereocenters. The van der Waals surface area contributed by atoms with Gasteiger partial charge in [-0.25, -0.2) is 9.18 Å². The van der Waals surface area contributed by atoms with Crippen molar-refractivity contribution in [1.82, 2.24) is 14.7 Å². The lowest BCUT2D eigenvalue weighted by atomic mass is 9.86. The predicted octanol–water partition coefficient (Wildman–Crippen LogP) is 4.37. The van der Waals surface area contributed by atoms with Crippen LogP contribution in [0.25, 0.3) is 0 Å². The van der Waals surface area contributed by atoms with Crippen LogP contribution in [0, 0.1) is 11.7 Å². The molecule has 7 heteroatoms. The molecular formula is C19H25FN4OS. The molecule has 1 aromatic heterocycles. The summed E-state index contributed by atoms with van der Waals surface area (Å²) in [6, 6.07) is 8.43. The molecule has 1 fully saturated rings. The van der Waals surface area contributed by atoms with Gasteiger partial charge in [-0.15, -0.1) is 11.8 Å². The van der Waals surface area contributed by atoms with Crippen molar-refractivity contribution in [1.29, 1.82) is 0 Å². The first-order chi connectivity index (χ1) is 12.3. The summed E-state index contributed by atoms with van der Waals surface area (Å²) in [4.78, 5) is 15.2. The molecule has 140 valence electrons. The highest BCUT2D eigenvalue weighted by Gasteiger charge is 2.34. The summed E-state index contributed by atoms with van der Waals surface area (Å²) in [6.45, 7) is 5.85. The zero-order chi connectivity index (χ0) is 18.7. The minimum Gasteiger partial charge on any atom is -0.324 e. The van der Waals surface area contributed by atoms with Crippen LogP contribution in [0.15, 0.2) is 41.4 Å². The van der Waals surface area contributed by atoms with Crippen LogP contribution in [0.3, 0.4) is 0 Å². The Morgan fingerprint density at radius 2 is 2.04 bits per heavy atom. The molecule has 5 nitrogen and oxygen atoms in total. The molecule has 0 spiro atoms. The quantitative estimate of drug-likeness (QED) is 0.806. The van der Waals surface area contributed by atoms with Crippen LogP contribution in [0.1, 0.15) is 26.7 Å². The molecule has 1 saturated heterocycles. The van der Waals surface area contributed by atoms with E-state index in [1.54, 1.807) is 40.8 Å². The normalized spacial score (nSPS) is 15.9. The fourth-order valence-electron chi connectivity index (χ4n) is 3.37. The van der Waals surface area contributed by atoms with Gasteiger partial charge in [0.25, 0.3) is 0 Å². The van der Waals surface area contributed by atoms with E-state index in [-0.39, 0.29) is 16.6 Å². The second kappa shape index (κ2) is 7.70. The number of likely N-dealkylation sites (tertiary alicyclic amines) is 1. The van der Waals surface area contributed by atoms with Crippen LogP contribution in [-0.2, 0) is 7.05 Å². The number of benzene rings is 1. The summed E-state index contributed by atoms with van der Waals surface area (Å²) in [5.41, 5.74) is 0. The third-order valence-electron chi connectivity index (χ3n) is 4.89. The number of urea groups is 1. The number of carbonyl (C=O) groups excluding carboxylic acids is 1. The maximum atomic E-state index is 13.4. The second-order valence-corrected chi connectivity index (χ2v) is 8.96. The molecule has 2 heterocycles. The maximum absolute atomic E-state index is 13.4. The van der Waals surface area contributed by atoms with E-state index in [1.807, 2.05) is 18.0 Å². The number of aromatic nitrogens is 2. The molecule has 0 aliphatic carbocycles. The van der Waals surface area contributed by atoms with Gasteiger partial charge in [0.05, 0.1) is 0 Å². The number of rotatable bonds is 4. The SMILES string of the molecule is Cn1ccc(NC(=O)N2CCC(C(C)(C)Sc3cccc(F)c3)CC2)n1. The van der Waals surface area contributed by atoms with E-state index < -0.39 is 0 Å². The maximum Gasteiger partial charge on any atom is 0.323 e. The molecule has 0 radical (unpaired) electrons. The van der Waals surface area contributed by atoms with Crippen molar-refractivity contribution < 1.29 is 9.18 Å². The lowest BCUT2D eigenvalue weighted by molar-refractivity contribution is 0.173. The first-order valence-corrected chi connectivity index (χ1v) is 9.65. The number of carbonyl (C=O) groups is 1. The first kappa shape index (κ1) is 18.8. The third-order valence-corrected chi connectivity index (χ3v) is 6.24. The standard InChI is InChI=1S/C19H25FN4OS/c1-19(2,26-16-6-4-5-15(20)13-16)14-7-11-24(12-8-14)18(25)21-17-9-10-23(3)22-17/h4-6,9-10,13-14H,7-8,11-12H2,1-3H3,(H,21,22,25). The van der Waals surface area contributed by atoms with Crippen molar-refractivity contribution in [2.24, 2.45) is 13.0 Å². The van der Waals surface area contributed by atoms with Gasteiger partial charge < -0.3 is 4.90 Å². The Labute approximate surface area is 157 Å². The number of nitrogens with zero attached hydrogens (tertiary/aromatic N) is 3. The molecule has 0 bridgehead atoms. The van der Waals surface area contributed by atoms with Gasteiger partial charge in [-0.05, 0) is 37.0 Å². The van der Waals surface area contributed by atoms with Crippen molar-refractivity contribution in [3.8, 4) is 0 Å². The number of aryl methyl sites for hydroxylation is 1. The van der Waals surface area contributed by atoms with E-state index in [4.69, 9.17) is 0 Å². The predicted molar refractivity (Wildman–Crippen MR) is 103 cm³/mol. The van der Waals surface area contributed by atoms with Crippen LogP contribution in [0.4, 0.5) is 15.0 Å². The molecule has 2 aromatic rings. The highest BCUT2D eigenvalue weighted by molar-refractivity contribution is 8.00. The van der Waals surface area contributed by atoms with Gasteiger partial charge in [0, 0.05) is 42.0 Å². The molecule has 2 amide bonds. The Bertz CT molecular complexity index is 768. The number of anilines is 1. The minimum absolute atomic E-state index is 0.0165. The molecule has 1 aliphatic heterocycles. The smallest absolute Gasteiger partial charge is 0.323 e. The summed E-state index contributed by atoms with van der Waals surface area (Å²) in [7, 11) is 1.82. The molecule has 1 aliphatic rings. The van der Waals surface area contributed by atoms with Gasteiger partial charge in [-0.2, -0.15) is 5.10 Å². The summed E-state index contributed by atoms with van der Waals surface area (Å²) in [5, 5.41) is 7.02. The van der Waals surface area contributed by atoms with Gasteiger partial charge in [0.1, 0.15) is 5.82 Å². The van der Waals surface area contributed by atoms with E-state index in [0.29, 0.717) is 11.7 Å². The molecule has 0 saturated carbocycles. The largest absolute Gasteiger partial charge is 0.324 e. The summed E-state index contributed by atoms with van der Waals surface area (Å²) >= 11 is 1.71. The summed E-state index contributed by atoms with van der Waals surface area (Å²) < 4.78 is 15.1. The van der Waals surface area contributed by atoms with Crippen molar-refractivity contribution in [3.05, 3.63) is 42.3 Å². The Hall–Kier alpha value is -2.02. The van der Waals surface area contributed by atoms with E-state index in [9.17, 15) is 9.18 Å². The molecule has 3 rings (SSSR count). The second-order valence-electron chi connectivity index (χ2n) is 7.23. The number of piperidine rings is 1. The average molecular weight is 377 g/mol. The Balaban J connectivity index is 1.54. The van der Waals surface area contributed by atoms with E-state index in [0.717, 1.165) is 30.8 Å². The van der Waals surface area contributed by atoms with Crippen LogP contribution in [0.2, 0.25) is 0 Å². The van der Waals surface area contributed by atoms with Gasteiger partial charge in [0.2, 0.25) is 0 Å². The Kier molecular flexibility index (Phi) is 5.55. The number of thioether (sulfide) groups is 1. The van der Waals surface area contributed by atoms with Crippen molar-refractivity contribution in [3.63, 3.8) is 0 Å². The topological polar surface area (TPSA) is 50.2 Å². The van der Waals surface area contributed by atoms with Gasteiger partial charge in [-0.3, -0.25) is 10.00 Å². The van der Waals surface area contributed by atoms with Crippen LogP contribution < -0.4 is 5.32 Å². The van der Waals surface area contributed by atoms with Crippen LogP contribution in [0.5, 0.6) is 0 Å². The molecule has 0 unspecified atom stereocenters. The van der Waals surface area contributed by atoms with Crippen LogP contribution >= 0.6 is 11.8 Å². The lowest BCUT2D eigenvalue weighted by Gasteiger charge is -2.40.